The van der Waals surface area contributed by atoms with Crippen LogP contribution in [0.4, 0.5) is 10.1 Å². The molecule has 129 valence electrons. The molecule has 24 heavy (non-hydrogen) atoms. The molecule has 0 aliphatic rings. The van der Waals surface area contributed by atoms with Gasteiger partial charge in [-0.2, -0.15) is 0 Å². The second-order valence-corrected chi connectivity index (χ2v) is 7.35. The summed E-state index contributed by atoms with van der Waals surface area (Å²) in [6, 6.07) is 4.57. The summed E-state index contributed by atoms with van der Waals surface area (Å²) >= 11 is 3.16. The maximum Gasteiger partial charge on any atom is 0.324 e. The van der Waals surface area contributed by atoms with Gasteiger partial charge in [0.1, 0.15) is 12.4 Å². The van der Waals surface area contributed by atoms with Crippen LogP contribution >= 0.6 is 41.7 Å². The van der Waals surface area contributed by atoms with Gasteiger partial charge < -0.3 is 15.5 Å². The normalized spacial score (nSPS) is 10.4. The number of rotatable bonds is 8. The summed E-state index contributed by atoms with van der Waals surface area (Å²) in [6.45, 7) is -0.345. The van der Waals surface area contributed by atoms with Gasteiger partial charge in [-0.25, -0.2) is 4.39 Å². The minimum Gasteiger partial charge on any atom is -0.649 e. The van der Waals surface area contributed by atoms with Crippen molar-refractivity contribution in [3.63, 3.8) is 0 Å². The molecule has 2 rings (SSSR count). The van der Waals surface area contributed by atoms with Crippen LogP contribution in [0.15, 0.2) is 18.2 Å². The fourth-order valence-electron chi connectivity index (χ4n) is 1.95. The summed E-state index contributed by atoms with van der Waals surface area (Å²) in [4.78, 5) is 22.2. The molecule has 1 aromatic carbocycles. The van der Waals surface area contributed by atoms with Gasteiger partial charge >= 0.3 is 5.97 Å². The molecule has 0 saturated heterocycles. The first-order chi connectivity index (χ1) is 10.9. The van der Waals surface area contributed by atoms with E-state index in [1.165, 1.54) is 32.6 Å². The van der Waals surface area contributed by atoms with Crippen molar-refractivity contribution in [2.24, 2.45) is 0 Å². The molecule has 1 radical (unpaired) electrons. The third-order valence-electron chi connectivity index (χ3n) is 2.81. The van der Waals surface area contributed by atoms with Gasteiger partial charge in [-0.1, -0.05) is 0 Å². The van der Waals surface area contributed by atoms with Crippen molar-refractivity contribution in [1.29, 1.82) is 0 Å². The maximum absolute atomic E-state index is 14.0. The van der Waals surface area contributed by atoms with Crippen molar-refractivity contribution >= 4 is 69.4 Å². The largest absolute Gasteiger partial charge is 0.649 e. The minimum absolute atomic E-state index is 0. The average Bonchev–Trinajstić information content (AvgIpc) is 2.90. The quantitative estimate of drug-likeness (QED) is 0.333. The Balaban J connectivity index is 0.00000288. The van der Waals surface area contributed by atoms with E-state index in [0.29, 0.717) is 15.8 Å². The first kappa shape index (κ1) is 21.7. The molecular formula is C13H11FIN2O4S2Ta-. The van der Waals surface area contributed by atoms with E-state index in [1.54, 1.807) is 10.4 Å². The van der Waals surface area contributed by atoms with Crippen LogP contribution in [0.3, 0.4) is 0 Å². The third-order valence-corrected chi connectivity index (χ3v) is 5.86. The van der Waals surface area contributed by atoms with E-state index in [-0.39, 0.29) is 42.0 Å². The van der Waals surface area contributed by atoms with E-state index in [4.69, 9.17) is 10.2 Å². The Labute approximate surface area is 173 Å². The van der Waals surface area contributed by atoms with E-state index in [0.717, 1.165) is 4.88 Å². The number of thiophene rings is 1. The van der Waals surface area contributed by atoms with Crippen molar-refractivity contribution in [3.8, 4) is 0 Å². The molecule has 0 unspecified atom stereocenters. The van der Waals surface area contributed by atoms with Crippen LogP contribution in [0.25, 0.3) is 15.4 Å². The molecule has 0 amide bonds. The predicted octanol–water partition coefficient (Wildman–Crippen LogP) is 3.89. The Morgan fingerprint density at radius 1 is 1.33 bits per heavy atom. The van der Waals surface area contributed by atoms with Gasteiger partial charge in [0, 0.05) is 58.1 Å². The van der Waals surface area contributed by atoms with E-state index < -0.39 is 17.8 Å². The van der Waals surface area contributed by atoms with Crippen LogP contribution in [-0.4, -0.2) is 35.2 Å². The Morgan fingerprint density at radius 2 is 2.04 bits per heavy atom. The van der Waals surface area contributed by atoms with Crippen molar-refractivity contribution < 1.29 is 46.6 Å². The number of carboxylic acid groups (broad SMARTS) is 2. The molecule has 0 atom stereocenters. The molecule has 2 aromatic rings. The zero-order chi connectivity index (χ0) is 17.0. The molecule has 0 aliphatic heterocycles. The summed E-state index contributed by atoms with van der Waals surface area (Å²) in [5.74, 6) is -2.41. The van der Waals surface area contributed by atoms with Crippen molar-refractivity contribution in [2.45, 2.75) is 6.54 Å². The van der Waals surface area contributed by atoms with E-state index >= 15 is 0 Å². The maximum atomic E-state index is 14.0. The zero-order valence-electron chi connectivity index (χ0n) is 12.0. The number of halogens is 2. The summed E-state index contributed by atoms with van der Waals surface area (Å²) in [5, 5.41) is 22.0. The number of carbonyl (C=O) groups is 2. The van der Waals surface area contributed by atoms with E-state index in [1.807, 2.05) is 21.2 Å². The van der Waals surface area contributed by atoms with Gasteiger partial charge in [0.05, 0.1) is 10.4 Å². The zero-order valence-corrected chi connectivity index (χ0v) is 19.0. The standard InChI is InChI=1S/C13H11FIN2O4S2.Ta/c14-9-1-2-10(17(23-15)6-12(20)21)8-3-7(22-13(8)9)4-16-5-11(18)19;/h1-3H,4-6H2,(H,18,19)(H,20,21);/q-1;. The van der Waals surface area contributed by atoms with Crippen LogP contribution in [0.2, 0.25) is 0 Å². The summed E-state index contributed by atoms with van der Waals surface area (Å²) in [7, 11) is 1.21. The van der Waals surface area contributed by atoms with Gasteiger partial charge in [-0.05, 0) is 29.6 Å². The first-order valence-electron chi connectivity index (χ1n) is 6.26. The second kappa shape index (κ2) is 9.94. The summed E-state index contributed by atoms with van der Waals surface area (Å²) < 4.78 is 16.0. The number of anilines is 1. The van der Waals surface area contributed by atoms with Crippen LogP contribution in [-0.2, 0) is 38.5 Å². The number of nitrogens with zero attached hydrogens (tertiary/aromatic N) is 2. The number of hydrogen-bond donors (Lipinski definition) is 2. The molecule has 0 fully saturated rings. The van der Waals surface area contributed by atoms with Gasteiger partial charge in [0.2, 0.25) is 0 Å². The van der Waals surface area contributed by atoms with Gasteiger partial charge in [-0.3, -0.25) is 13.9 Å². The fourth-order valence-corrected chi connectivity index (χ4v) is 4.43. The Bertz CT molecular complexity index is 746. The van der Waals surface area contributed by atoms with Crippen molar-refractivity contribution in [1.82, 2.24) is 0 Å². The smallest absolute Gasteiger partial charge is 0.324 e. The van der Waals surface area contributed by atoms with Crippen LogP contribution in [0.1, 0.15) is 4.88 Å². The fraction of sp³-hybridized carbons (Fsp3) is 0.231. The number of aliphatic carboxylic acids is 2. The van der Waals surface area contributed by atoms with Gasteiger partial charge in [0.25, 0.3) is 5.97 Å². The van der Waals surface area contributed by atoms with Crippen molar-refractivity contribution in [3.05, 3.63) is 34.2 Å². The molecule has 0 bridgehead atoms. The first-order valence-corrected chi connectivity index (χ1v) is 10.4. The molecule has 1 heterocycles. The number of benzene rings is 1. The summed E-state index contributed by atoms with van der Waals surface area (Å²) in [6.07, 6.45) is 0. The Morgan fingerprint density at radius 3 is 2.62 bits per heavy atom. The molecule has 0 spiro atoms. The summed E-state index contributed by atoms with van der Waals surface area (Å²) in [5.41, 5.74) is 0.601. The molecule has 0 aliphatic carbocycles. The number of carboxylic acids is 2. The third kappa shape index (κ3) is 5.58. The Hall–Kier alpha value is -0.370. The number of fused-ring (bicyclic) bond motifs is 1. The van der Waals surface area contributed by atoms with Crippen LogP contribution in [0, 0.1) is 5.82 Å². The van der Waals surface area contributed by atoms with Gasteiger partial charge in [-0.15, -0.1) is 17.9 Å². The second-order valence-electron chi connectivity index (χ2n) is 4.45. The topological polar surface area (TPSA) is 91.9 Å². The molecule has 6 nitrogen and oxygen atoms in total. The number of hydrogen-bond acceptors (Lipinski definition) is 5. The SMILES string of the molecule is O=C(O)C[N-]Cc1cc2c(N(CC(=O)O)SI)ccc(F)c2s1.[Ta]. The van der Waals surface area contributed by atoms with Crippen molar-refractivity contribution in [2.75, 3.05) is 17.4 Å². The molecule has 1 aromatic heterocycles. The molecule has 2 N–H and O–H groups in total. The minimum atomic E-state index is -1.02. The molecule has 0 saturated carbocycles. The average molecular weight is 650 g/mol. The van der Waals surface area contributed by atoms with E-state index in [9.17, 15) is 14.0 Å². The van der Waals surface area contributed by atoms with E-state index in [2.05, 4.69) is 5.32 Å². The molecule has 11 heteroatoms. The monoisotopic (exact) mass is 650 g/mol. The molecular weight excluding hydrogens is 639 g/mol. The van der Waals surface area contributed by atoms with Gasteiger partial charge in [0.15, 0.2) is 0 Å². The van der Waals surface area contributed by atoms with Crippen LogP contribution < -0.4 is 4.31 Å². The predicted molar refractivity (Wildman–Crippen MR) is 97.9 cm³/mol. The Kier molecular flexibility index (Phi) is 8.98. The van der Waals surface area contributed by atoms with Crippen LogP contribution in [0.5, 0.6) is 0 Å².